The van der Waals surface area contributed by atoms with Crippen LogP contribution in [0.25, 0.3) is 0 Å². The highest BCUT2D eigenvalue weighted by atomic mass is 16.5. The molecule has 2 N–H and O–H groups in total. The van der Waals surface area contributed by atoms with E-state index in [0.717, 1.165) is 12.0 Å². The highest BCUT2D eigenvalue weighted by Crippen LogP contribution is 2.22. The summed E-state index contributed by atoms with van der Waals surface area (Å²) in [6.45, 7) is 6.21. The van der Waals surface area contributed by atoms with Gasteiger partial charge in [0.15, 0.2) is 0 Å². The number of ether oxygens (including phenoxy) is 1. The predicted molar refractivity (Wildman–Crippen MR) is 94.1 cm³/mol. The molecule has 0 heterocycles. The molecule has 0 bridgehead atoms. The van der Waals surface area contributed by atoms with Crippen molar-refractivity contribution in [3.63, 3.8) is 0 Å². The van der Waals surface area contributed by atoms with Gasteiger partial charge in [0.1, 0.15) is 5.75 Å². The van der Waals surface area contributed by atoms with Gasteiger partial charge in [0.2, 0.25) is 0 Å². The van der Waals surface area contributed by atoms with E-state index in [9.17, 15) is 4.79 Å². The molecule has 4 nitrogen and oxygen atoms in total. The fourth-order valence-corrected chi connectivity index (χ4v) is 2.64. The molecule has 0 aliphatic rings. The number of carbonyl (C=O) groups excluding carboxylic acids is 1. The van der Waals surface area contributed by atoms with Crippen molar-refractivity contribution in [3.05, 3.63) is 59.2 Å². The highest BCUT2D eigenvalue weighted by molar-refractivity contribution is 5.89. The van der Waals surface area contributed by atoms with Gasteiger partial charge < -0.3 is 15.4 Å². The third-order valence-electron chi connectivity index (χ3n) is 3.84. The number of hydrogen-bond acceptors (Lipinski definition) is 2. The average Bonchev–Trinajstić information content (AvgIpc) is 2.53. The van der Waals surface area contributed by atoms with Gasteiger partial charge in [0, 0.05) is 11.8 Å². The van der Waals surface area contributed by atoms with Gasteiger partial charge in [-0.05, 0) is 43.5 Å². The fourth-order valence-electron chi connectivity index (χ4n) is 2.64. The molecule has 4 heteroatoms. The lowest BCUT2D eigenvalue weighted by Crippen LogP contribution is -2.32. The summed E-state index contributed by atoms with van der Waals surface area (Å²) in [5, 5.41) is 5.89. The molecule has 0 unspecified atom stereocenters. The maximum absolute atomic E-state index is 12.3. The summed E-state index contributed by atoms with van der Waals surface area (Å²) in [5.74, 6) is 0.712. The molecule has 2 rings (SSSR count). The molecule has 0 aliphatic heterocycles. The highest BCUT2D eigenvalue weighted by Gasteiger charge is 2.15. The molecule has 0 aliphatic carbocycles. The Bertz CT molecular complexity index is 683. The smallest absolute Gasteiger partial charge is 0.319 e. The number of anilines is 1. The van der Waals surface area contributed by atoms with Gasteiger partial charge in [0.05, 0.1) is 13.2 Å². The molecular weight excluding hydrogens is 288 g/mol. The van der Waals surface area contributed by atoms with Crippen molar-refractivity contribution in [2.45, 2.75) is 33.2 Å². The summed E-state index contributed by atoms with van der Waals surface area (Å²) >= 11 is 0. The second kappa shape index (κ2) is 7.68. The van der Waals surface area contributed by atoms with E-state index < -0.39 is 0 Å². The SMILES string of the molecule is CC[C@@H](NC(=O)Nc1cccc(OC)c1)c1ccc(C)cc1C. The third kappa shape index (κ3) is 4.49. The Balaban J connectivity index is 2.07. The number of methoxy groups -OCH3 is 1. The van der Waals surface area contributed by atoms with Crippen LogP contribution in [-0.4, -0.2) is 13.1 Å². The van der Waals surface area contributed by atoms with Gasteiger partial charge in [-0.25, -0.2) is 4.79 Å². The number of nitrogens with one attached hydrogen (secondary N) is 2. The first-order chi connectivity index (χ1) is 11.0. The van der Waals surface area contributed by atoms with Crippen LogP contribution in [0.4, 0.5) is 10.5 Å². The van der Waals surface area contributed by atoms with Crippen molar-refractivity contribution < 1.29 is 9.53 Å². The fraction of sp³-hybridized carbons (Fsp3) is 0.316. The van der Waals surface area contributed by atoms with Crippen LogP contribution in [0.1, 0.15) is 36.1 Å². The molecular formula is C19H24N2O2. The molecule has 2 aromatic rings. The molecule has 1 atom stereocenters. The molecule has 0 radical (unpaired) electrons. The van der Waals surface area contributed by atoms with E-state index in [1.165, 1.54) is 11.1 Å². The van der Waals surface area contributed by atoms with Crippen LogP contribution in [-0.2, 0) is 0 Å². The minimum Gasteiger partial charge on any atom is -0.497 e. The van der Waals surface area contributed by atoms with Gasteiger partial charge in [-0.15, -0.1) is 0 Å². The average molecular weight is 312 g/mol. The Morgan fingerprint density at radius 2 is 1.96 bits per heavy atom. The van der Waals surface area contributed by atoms with E-state index in [1.807, 2.05) is 18.2 Å². The van der Waals surface area contributed by atoms with Gasteiger partial charge in [-0.1, -0.05) is 36.8 Å². The number of carbonyl (C=O) groups is 1. The van der Waals surface area contributed by atoms with E-state index >= 15 is 0 Å². The number of hydrogen-bond donors (Lipinski definition) is 2. The van der Waals surface area contributed by atoms with Crippen molar-refractivity contribution in [2.75, 3.05) is 12.4 Å². The lowest BCUT2D eigenvalue weighted by Gasteiger charge is -2.20. The van der Waals surface area contributed by atoms with Gasteiger partial charge >= 0.3 is 6.03 Å². The van der Waals surface area contributed by atoms with E-state index in [1.54, 1.807) is 13.2 Å². The van der Waals surface area contributed by atoms with Crippen molar-refractivity contribution >= 4 is 11.7 Å². The zero-order chi connectivity index (χ0) is 16.8. The molecule has 122 valence electrons. The van der Waals surface area contributed by atoms with E-state index in [-0.39, 0.29) is 12.1 Å². The number of rotatable bonds is 5. The first kappa shape index (κ1) is 16.9. The summed E-state index contributed by atoms with van der Waals surface area (Å²) in [6.07, 6.45) is 0.829. The Morgan fingerprint density at radius 3 is 2.61 bits per heavy atom. The maximum atomic E-state index is 12.3. The second-order valence-electron chi connectivity index (χ2n) is 5.65. The zero-order valence-electron chi connectivity index (χ0n) is 14.1. The third-order valence-corrected chi connectivity index (χ3v) is 3.84. The summed E-state index contributed by atoms with van der Waals surface area (Å²) in [4.78, 5) is 12.3. The van der Waals surface area contributed by atoms with Crippen LogP contribution in [0, 0.1) is 13.8 Å². The first-order valence-corrected chi connectivity index (χ1v) is 7.82. The minimum atomic E-state index is -0.218. The Hall–Kier alpha value is -2.49. The van der Waals surface area contributed by atoms with Crippen LogP contribution in [0.5, 0.6) is 5.75 Å². The topological polar surface area (TPSA) is 50.4 Å². The number of benzene rings is 2. The minimum absolute atomic E-state index is 0.0128. The molecule has 2 aromatic carbocycles. The second-order valence-corrected chi connectivity index (χ2v) is 5.65. The van der Waals surface area contributed by atoms with Gasteiger partial charge in [-0.3, -0.25) is 0 Å². The van der Waals surface area contributed by atoms with E-state index in [0.29, 0.717) is 11.4 Å². The number of aryl methyl sites for hydroxylation is 2. The van der Waals surface area contributed by atoms with Crippen LogP contribution in [0.15, 0.2) is 42.5 Å². The first-order valence-electron chi connectivity index (χ1n) is 7.82. The van der Waals surface area contributed by atoms with Gasteiger partial charge in [-0.2, -0.15) is 0 Å². The molecule has 0 spiro atoms. The Kier molecular flexibility index (Phi) is 5.63. The van der Waals surface area contributed by atoms with Gasteiger partial charge in [0.25, 0.3) is 0 Å². The van der Waals surface area contributed by atoms with Crippen LogP contribution >= 0.6 is 0 Å². The van der Waals surface area contributed by atoms with E-state index in [4.69, 9.17) is 4.74 Å². The van der Waals surface area contributed by atoms with Crippen LogP contribution in [0.3, 0.4) is 0 Å². The summed E-state index contributed by atoms with van der Waals surface area (Å²) in [5.41, 5.74) is 4.27. The maximum Gasteiger partial charge on any atom is 0.319 e. The summed E-state index contributed by atoms with van der Waals surface area (Å²) in [6, 6.07) is 13.4. The largest absolute Gasteiger partial charge is 0.497 e. The number of amides is 2. The Morgan fingerprint density at radius 1 is 1.17 bits per heavy atom. The molecule has 2 amide bonds. The standard InChI is InChI=1S/C19H24N2O2/c1-5-18(17-10-9-13(2)11-14(17)3)21-19(22)20-15-7-6-8-16(12-15)23-4/h6-12,18H,5H2,1-4H3,(H2,20,21,22)/t18-/m1/s1. The normalized spacial score (nSPS) is 11.7. The van der Waals surface area contributed by atoms with Crippen LogP contribution in [0.2, 0.25) is 0 Å². The summed E-state index contributed by atoms with van der Waals surface area (Å²) < 4.78 is 5.16. The summed E-state index contributed by atoms with van der Waals surface area (Å²) in [7, 11) is 1.60. The lowest BCUT2D eigenvalue weighted by molar-refractivity contribution is 0.248. The van der Waals surface area contributed by atoms with Crippen molar-refractivity contribution in [1.82, 2.24) is 5.32 Å². The lowest BCUT2D eigenvalue weighted by atomic mass is 9.98. The zero-order valence-corrected chi connectivity index (χ0v) is 14.1. The molecule has 0 aromatic heterocycles. The predicted octanol–water partition coefficient (Wildman–Crippen LogP) is 4.58. The van der Waals surface area contributed by atoms with Crippen molar-refractivity contribution in [2.24, 2.45) is 0 Å². The molecule has 0 fully saturated rings. The van der Waals surface area contributed by atoms with Crippen molar-refractivity contribution in [3.8, 4) is 5.75 Å². The van der Waals surface area contributed by atoms with Crippen LogP contribution < -0.4 is 15.4 Å². The Labute approximate surface area is 137 Å². The van der Waals surface area contributed by atoms with Crippen molar-refractivity contribution in [1.29, 1.82) is 0 Å². The quantitative estimate of drug-likeness (QED) is 0.848. The molecule has 0 saturated heterocycles. The molecule has 0 saturated carbocycles. The molecule has 23 heavy (non-hydrogen) atoms. The number of urea groups is 1. The monoisotopic (exact) mass is 312 g/mol. The van der Waals surface area contributed by atoms with E-state index in [2.05, 4.69) is 49.6 Å².